The zero-order valence-corrected chi connectivity index (χ0v) is 23.8. The Kier molecular flexibility index (Phi) is 9.87. The third-order valence-electron chi connectivity index (χ3n) is 8.31. The largest absolute Gasteiger partial charge is 0.304 e. The summed E-state index contributed by atoms with van der Waals surface area (Å²) in [7, 11) is 0. The van der Waals surface area contributed by atoms with Gasteiger partial charge in [-0.25, -0.2) is 0 Å². The molecule has 0 saturated carbocycles. The maximum atomic E-state index is 13.2. The van der Waals surface area contributed by atoms with E-state index in [1.165, 1.54) is 5.56 Å². The van der Waals surface area contributed by atoms with E-state index in [-0.39, 0.29) is 11.6 Å². The number of carbonyl (C=O) groups is 2. The maximum absolute atomic E-state index is 13.2. The van der Waals surface area contributed by atoms with Crippen LogP contribution >= 0.6 is 0 Å². The molecule has 0 fully saturated rings. The maximum Gasteiger partial charge on any atom is 0.163 e. The fourth-order valence-electron chi connectivity index (χ4n) is 5.87. The van der Waals surface area contributed by atoms with E-state index in [0.29, 0.717) is 12.8 Å². The minimum absolute atomic E-state index is 0.219. The van der Waals surface area contributed by atoms with Crippen LogP contribution in [0.2, 0.25) is 0 Å². The molecule has 0 amide bonds. The van der Waals surface area contributed by atoms with Gasteiger partial charge in [0.1, 0.15) is 0 Å². The van der Waals surface area contributed by atoms with Gasteiger partial charge in [-0.05, 0) is 104 Å². The normalized spacial score (nSPS) is 12.1. The Morgan fingerprint density at radius 1 is 0.605 bits per heavy atom. The van der Waals surface area contributed by atoms with E-state index in [1.54, 1.807) is 0 Å². The third kappa shape index (κ3) is 6.08. The quantitative estimate of drug-likeness (QED) is 0.113. The predicted octanol–water partition coefficient (Wildman–Crippen LogP) is 7.88. The fourth-order valence-corrected chi connectivity index (χ4v) is 5.87. The van der Waals surface area contributed by atoms with Crippen molar-refractivity contribution >= 4 is 22.3 Å². The number of fused-ring (bicyclic) bond motifs is 3. The van der Waals surface area contributed by atoms with Crippen LogP contribution in [0.25, 0.3) is 33.0 Å². The lowest BCUT2D eigenvalue weighted by molar-refractivity contribution is 0.0971. The molecule has 4 nitrogen and oxygen atoms in total. The third-order valence-corrected chi connectivity index (χ3v) is 8.31. The van der Waals surface area contributed by atoms with E-state index < -0.39 is 0 Å². The summed E-state index contributed by atoms with van der Waals surface area (Å²) in [5.41, 5.74) is 6.20. The standard InChI is InChI=1S/C34H44N2O2/c1-5-35(6-2)22-11-9-16-32(37)25-18-19-26-28-14-13-15-29-27(20-21-30(34(28)29)31(26)24-25)33(38)17-10-12-23-36(7-3)8-4/h13-15,18-21,24H,5-12,16-17,22-23H2,1-4H3. The summed E-state index contributed by atoms with van der Waals surface area (Å²) in [6.45, 7) is 15.1. The van der Waals surface area contributed by atoms with Crippen LogP contribution in [0.4, 0.5) is 0 Å². The summed E-state index contributed by atoms with van der Waals surface area (Å²) >= 11 is 0. The van der Waals surface area contributed by atoms with Crippen molar-refractivity contribution in [3.63, 3.8) is 0 Å². The van der Waals surface area contributed by atoms with E-state index in [9.17, 15) is 9.59 Å². The first-order valence-electron chi connectivity index (χ1n) is 14.7. The molecule has 202 valence electrons. The molecule has 0 unspecified atom stereocenters. The van der Waals surface area contributed by atoms with Crippen LogP contribution in [0.15, 0.2) is 48.5 Å². The number of unbranched alkanes of at least 4 members (excludes halogenated alkanes) is 2. The molecule has 0 aromatic heterocycles. The lowest BCUT2D eigenvalue weighted by Crippen LogP contribution is -2.24. The highest BCUT2D eigenvalue weighted by molar-refractivity contribution is 6.21. The second kappa shape index (κ2) is 13.3. The molecule has 0 radical (unpaired) electrons. The van der Waals surface area contributed by atoms with Crippen molar-refractivity contribution in [2.24, 2.45) is 0 Å². The summed E-state index contributed by atoms with van der Waals surface area (Å²) in [5.74, 6) is 0.445. The van der Waals surface area contributed by atoms with Gasteiger partial charge >= 0.3 is 0 Å². The number of nitrogens with zero attached hydrogens (tertiary/aromatic N) is 2. The summed E-state index contributed by atoms with van der Waals surface area (Å²) in [4.78, 5) is 31.1. The van der Waals surface area contributed by atoms with Crippen LogP contribution in [-0.2, 0) is 0 Å². The molecule has 3 aromatic carbocycles. The Bertz CT molecular complexity index is 1270. The van der Waals surface area contributed by atoms with Gasteiger partial charge in [-0.15, -0.1) is 0 Å². The molecule has 0 atom stereocenters. The molecule has 0 saturated heterocycles. The van der Waals surface area contributed by atoms with Gasteiger partial charge in [0.15, 0.2) is 11.6 Å². The smallest absolute Gasteiger partial charge is 0.163 e. The second-order valence-electron chi connectivity index (χ2n) is 10.5. The van der Waals surface area contributed by atoms with Gasteiger partial charge < -0.3 is 9.80 Å². The van der Waals surface area contributed by atoms with Gasteiger partial charge in [0.25, 0.3) is 0 Å². The van der Waals surface area contributed by atoms with Crippen molar-refractivity contribution in [1.82, 2.24) is 9.80 Å². The number of hydrogen-bond acceptors (Lipinski definition) is 4. The molecule has 0 N–H and O–H groups in total. The number of benzene rings is 3. The molecule has 1 aliphatic carbocycles. The Hall–Kier alpha value is -2.82. The van der Waals surface area contributed by atoms with E-state index >= 15 is 0 Å². The zero-order chi connectivity index (χ0) is 27.1. The highest BCUT2D eigenvalue weighted by Crippen LogP contribution is 2.48. The summed E-state index contributed by atoms with van der Waals surface area (Å²) in [6, 6.07) is 16.5. The summed E-state index contributed by atoms with van der Waals surface area (Å²) < 4.78 is 0. The molecule has 38 heavy (non-hydrogen) atoms. The van der Waals surface area contributed by atoms with E-state index in [1.807, 2.05) is 12.1 Å². The average Bonchev–Trinajstić information content (AvgIpc) is 3.27. The number of hydrogen-bond donors (Lipinski definition) is 0. The highest BCUT2D eigenvalue weighted by atomic mass is 16.1. The van der Waals surface area contributed by atoms with Gasteiger partial charge in [-0.1, -0.05) is 70.2 Å². The highest BCUT2D eigenvalue weighted by Gasteiger charge is 2.24. The van der Waals surface area contributed by atoms with E-state index in [0.717, 1.165) is 104 Å². The molecule has 0 heterocycles. The molecule has 4 rings (SSSR count). The average molecular weight is 513 g/mol. The number of Topliss-reactive ketones (excluding diaryl/α,β-unsaturated/α-hetero) is 2. The lowest BCUT2D eigenvalue weighted by Gasteiger charge is -2.17. The van der Waals surface area contributed by atoms with Crippen molar-refractivity contribution in [1.29, 1.82) is 0 Å². The van der Waals surface area contributed by atoms with Crippen molar-refractivity contribution in [3.8, 4) is 22.3 Å². The number of rotatable bonds is 16. The van der Waals surface area contributed by atoms with Gasteiger partial charge in [-0.2, -0.15) is 0 Å². The molecule has 1 aliphatic rings. The van der Waals surface area contributed by atoms with Gasteiger partial charge in [0.05, 0.1) is 0 Å². The topological polar surface area (TPSA) is 40.6 Å². The second-order valence-corrected chi connectivity index (χ2v) is 10.5. The monoisotopic (exact) mass is 512 g/mol. The Balaban J connectivity index is 1.48. The van der Waals surface area contributed by atoms with Crippen LogP contribution in [0.1, 0.15) is 86.9 Å². The van der Waals surface area contributed by atoms with Gasteiger partial charge in [0.2, 0.25) is 0 Å². The molecule has 0 aliphatic heterocycles. The Morgan fingerprint density at radius 3 is 1.82 bits per heavy atom. The van der Waals surface area contributed by atoms with Crippen LogP contribution in [0.3, 0.4) is 0 Å². The van der Waals surface area contributed by atoms with E-state index in [4.69, 9.17) is 0 Å². The van der Waals surface area contributed by atoms with Crippen molar-refractivity contribution in [3.05, 3.63) is 59.7 Å². The fraction of sp³-hybridized carbons (Fsp3) is 0.471. The first kappa shape index (κ1) is 28.2. The van der Waals surface area contributed by atoms with Crippen LogP contribution in [-0.4, -0.2) is 60.6 Å². The van der Waals surface area contributed by atoms with E-state index in [2.05, 4.69) is 73.9 Å². The predicted molar refractivity (Wildman–Crippen MR) is 160 cm³/mol. The number of carbonyl (C=O) groups excluding carboxylic acids is 2. The van der Waals surface area contributed by atoms with Crippen molar-refractivity contribution < 1.29 is 9.59 Å². The first-order valence-corrected chi connectivity index (χ1v) is 14.7. The van der Waals surface area contributed by atoms with Crippen LogP contribution in [0.5, 0.6) is 0 Å². The minimum Gasteiger partial charge on any atom is -0.304 e. The lowest BCUT2D eigenvalue weighted by atomic mass is 9.94. The molecule has 4 heteroatoms. The summed E-state index contributed by atoms with van der Waals surface area (Å²) in [6.07, 6.45) is 5.10. The van der Waals surface area contributed by atoms with Crippen LogP contribution < -0.4 is 0 Å². The molecule has 3 aromatic rings. The van der Waals surface area contributed by atoms with Crippen molar-refractivity contribution in [2.75, 3.05) is 39.3 Å². The molecular weight excluding hydrogens is 468 g/mol. The van der Waals surface area contributed by atoms with Crippen LogP contribution in [0, 0.1) is 0 Å². The first-order chi connectivity index (χ1) is 18.5. The zero-order valence-electron chi connectivity index (χ0n) is 23.8. The molecule has 0 bridgehead atoms. The minimum atomic E-state index is 0.219. The number of ketones is 2. The van der Waals surface area contributed by atoms with Crippen molar-refractivity contribution in [2.45, 2.75) is 66.2 Å². The Morgan fingerprint density at radius 2 is 1.18 bits per heavy atom. The van der Waals surface area contributed by atoms with Gasteiger partial charge in [0, 0.05) is 24.0 Å². The molecular formula is C34H44N2O2. The van der Waals surface area contributed by atoms with Gasteiger partial charge in [-0.3, -0.25) is 9.59 Å². The Labute approximate surface area is 229 Å². The summed E-state index contributed by atoms with van der Waals surface area (Å²) in [5, 5.41) is 2.19. The SMILES string of the molecule is CCN(CC)CCCCC(=O)c1ccc2c(c1)-c1ccc(C(=O)CCCCN(CC)CC)c3cccc-2c13. The molecule has 0 spiro atoms.